The summed E-state index contributed by atoms with van der Waals surface area (Å²) < 4.78 is 0. The molecule has 1 aromatic carbocycles. The van der Waals surface area contributed by atoms with Crippen LogP contribution in [0.4, 0.5) is 0 Å². The number of allylic oxidation sites excluding steroid dienone is 1. The summed E-state index contributed by atoms with van der Waals surface area (Å²) in [6.07, 6.45) is 3.20. The minimum Gasteiger partial charge on any atom is -0.391 e. The summed E-state index contributed by atoms with van der Waals surface area (Å²) in [5.74, 6) is -0.595. The van der Waals surface area contributed by atoms with Crippen molar-refractivity contribution in [2.45, 2.75) is 63.5 Å². The van der Waals surface area contributed by atoms with Gasteiger partial charge in [-0.05, 0) is 44.5 Å². The number of carbonyl (C=O) groups is 2. The molecule has 7 heteroatoms. The molecule has 1 saturated heterocycles. The van der Waals surface area contributed by atoms with Gasteiger partial charge in [-0.2, -0.15) is 0 Å². The van der Waals surface area contributed by atoms with E-state index in [2.05, 4.69) is 22.2 Å². The summed E-state index contributed by atoms with van der Waals surface area (Å²) in [6, 6.07) is 5.30. The van der Waals surface area contributed by atoms with Gasteiger partial charge >= 0.3 is 0 Å². The van der Waals surface area contributed by atoms with Gasteiger partial charge < -0.3 is 20.7 Å². The quantitative estimate of drug-likeness (QED) is 0.312. The molecule has 1 aromatic heterocycles. The summed E-state index contributed by atoms with van der Waals surface area (Å²) in [6.45, 7) is 13.2. The predicted molar refractivity (Wildman–Crippen MR) is 125 cm³/mol. The molecule has 0 saturated carbocycles. The number of amides is 2. The van der Waals surface area contributed by atoms with E-state index in [0.29, 0.717) is 6.42 Å². The maximum Gasteiger partial charge on any atom is 0.268 e. The smallest absolute Gasteiger partial charge is 0.268 e. The zero-order valence-electron chi connectivity index (χ0n) is 18.6. The van der Waals surface area contributed by atoms with Crippen LogP contribution < -0.4 is 10.6 Å². The number of aliphatic hydroxyl groups is 1. The van der Waals surface area contributed by atoms with Crippen molar-refractivity contribution in [3.63, 3.8) is 0 Å². The third-order valence-electron chi connectivity index (χ3n) is 5.81. The van der Waals surface area contributed by atoms with E-state index < -0.39 is 22.4 Å². The summed E-state index contributed by atoms with van der Waals surface area (Å²) in [5, 5.41) is 16.7. The Bertz CT molecular complexity index is 1080. The highest BCUT2D eigenvalue weighted by atomic mass is 35.5. The fraction of sp³-hybridized carbons (Fsp3) is 0.417. The van der Waals surface area contributed by atoms with E-state index in [-0.39, 0.29) is 17.5 Å². The van der Waals surface area contributed by atoms with Gasteiger partial charge in [-0.3, -0.25) is 9.59 Å². The van der Waals surface area contributed by atoms with Crippen LogP contribution in [0, 0.1) is 0 Å². The van der Waals surface area contributed by atoms with E-state index in [1.54, 1.807) is 26.8 Å². The average Bonchev–Trinajstić information content (AvgIpc) is 3.04. The number of hydrogen-bond acceptors (Lipinski definition) is 3. The van der Waals surface area contributed by atoms with Crippen molar-refractivity contribution in [3.8, 4) is 0 Å². The molecule has 4 N–H and O–H groups in total. The standard InChI is InChI=1S/C24H30ClN3O3/c1-7-23(3,4)20-16(12-18-22(31)26-13(2)21(30)28-18)15-10-14(8-9-17(15)27-20)11-19(29)24(5,6)25/h7-10,12-13,19,27,29H,1,11H2,2-6H3,(H,26,31)(H,28,30)/b18-12-/t13-,19+/m0/s1. The van der Waals surface area contributed by atoms with E-state index in [1.807, 2.05) is 38.1 Å². The molecule has 2 amide bonds. The topological polar surface area (TPSA) is 94.2 Å². The Hall–Kier alpha value is -2.57. The molecule has 31 heavy (non-hydrogen) atoms. The lowest BCUT2D eigenvalue weighted by atomic mass is 9.86. The zero-order chi connectivity index (χ0) is 23.1. The van der Waals surface area contributed by atoms with Crippen molar-refractivity contribution < 1.29 is 14.7 Å². The Morgan fingerprint density at radius 2 is 1.94 bits per heavy atom. The summed E-state index contributed by atoms with van der Waals surface area (Å²) in [4.78, 5) is 27.3. The maximum atomic E-state index is 12.5. The Labute approximate surface area is 187 Å². The Balaban J connectivity index is 2.16. The molecule has 6 nitrogen and oxygen atoms in total. The molecule has 0 radical (unpaired) electrons. The van der Waals surface area contributed by atoms with Gasteiger partial charge in [-0.1, -0.05) is 26.0 Å². The van der Waals surface area contributed by atoms with Crippen LogP contribution in [0.2, 0.25) is 0 Å². The van der Waals surface area contributed by atoms with Crippen LogP contribution >= 0.6 is 11.6 Å². The Morgan fingerprint density at radius 3 is 2.55 bits per heavy atom. The number of aliphatic hydroxyl groups excluding tert-OH is 1. The van der Waals surface area contributed by atoms with Crippen LogP contribution in [0.15, 0.2) is 36.6 Å². The lowest BCUT2D eigenvalue weighted by Gasteiger charge is -2.24. The first-order valence-electron chi connectivity index (χ1n) is 10.3. The minimum absolute atomic E-state index is 0.192. The number of aromatic amines is 1. The number of H-pyrrole nitrogens is 1. The lowest BCUT2D eigenvalue weighted by Crippen LogP contribution is -2.53. The first-order chi connectivity index (χ1) is 14.3. The van der Waals surface area contributed by atoms with Gasteiger partial charge in [0, 0.05) is 34.0 Å². The zero-order valence-corrected chi connectivity index (χ0v) is 19.4. The van der Waals surface area contributed by atoms with E-state index in [1.165, 1.54) is 0 Å². The molecular weight excluding hydrogens is 414 g/mol. The van der Waals surface area contributed by atoms with Gasteiger partial charge in [0.2, 0.25) is 5.91 Å². The molecule has 3 rings (SSSR count). The second-order valence-electron chi connectivity index (χ2n) is 9.25. The molecule has 1 aliphatic rings. The van der Waals surface area contributed by atoms with Crippen molar-refractivity contribution in [3.05, 3.63) is 53.4 Å². The largest absolute Gasteiger partial charge is 0.391 e. The molecular formula is C24H30ClN3O3. The highest BCUT2D eigenvalue weighted by Gasteiger charge is 2.29. The van der Waals surface area contributed by atoms with Gasteiger partial charge in [-0.15, -0.1) is 18.2 Å². The molecule has 0 spiro atoms. The normalized spacial score (nSPS) is 20.0. The first kappa shape index (κ1) is 23.1. The molecule has 1 aliphatic heterocycles. The van der Waals surface area contributed by atoms with Crippen molar-refractivity contribution in [2.24, 2.45) is 0 Å². The lowest BCUT2D eigenvalue weighted by molar-refractivity contribution is -0.130. The molecule has 2 aromatic rings. The van der Waals surface area contributed by atoms with Crippen molar-refractivity contribution >= 4 is 40.4 Å². The van der Waals surface area contributed by atoms with Gasteiger partial charge in [0.05, 0.1) is 11.0 Å². The number of benzene rings is 1. The van der Waals surface area contributed by atoms with Gasteiger partial charge in [0.25, 0.3) is 5.91 Å². The predicted octanol–water partition coefficient (Wildman–Crippen LogP) is 3.53. The summed E-state index contributed by atoms with van der Waals surface area (Å²) >= 11 is 6.27. The number of hydrogen-bond donors (Lipinski definition) is 4. The van der Waals surface area contributed by atoms with Crippen LogP contribution in [0.5, 0.6) is 0 Å². The van der Waals surface area contributed by atoms with Crippen LogP contribution in [0.3, 0.4) is 0 Å². The van der Waals surface area contributed by atoms with Gasteiger partial charge in [0.1, 0.15) is 11.7 Å². The molecule has 0 bridgehead atoms. The molecule has 2 atom stereocenters. The maximum absolute atomic E-state index is 12.5. The van der Waals surface area contributed by atoms with Gasteiger partial charge in [-0.25, -0.2) is 0 Å². The monoisotopic (exact) mass is 443 g/mol. The third kappa shape index (κ3) is 4.70. The SMILES string of the molecule is C=CC(C)(C)c1[nH]c2ccc(C[C@@H](O)C(C)(C)Cl)cc2c1/C=C1\NC(=O)[C@H](C)NC1=O. The van der Waals surface area contributed by atoms with Crippen LogP contribution in [-0.2, 0) is 21.4 Å². The van der Waals surface area contributed by atoms with Crippen LogP contribution in [-0.4, -0.2) is 38.9 Å². The molecule has 1 fully saturated rings. The minimum atomic E-state index is -0.755. The number of carbonyl (C=O) groups excluding carboxylic acids is 2. The van der Waals surface area contributed by atoms with Crippen LogP contribution in [0.1, 0.15) is 51.4 Å². The van der Waals surface area contributed by atoms with Crippen LogP contribution in [0.25, 0.3) is 17.0 Å². The number of rotatable bonds is 6. The highest BCUT2D eigenvalue weighted by molar-refractivity contribution is 6.23. The number of aromatic nitrogens is 1. The first-order valence-corrected chi connectivity index (χ1v) is 10.7. The van der Waals surface area contributed by atoms with E-state index in [0.717, 1.165) is 27.7 Å². The number of alkyl halides is 1. The van der Waals surface area contributed by atoms with Gasteiger partial charge in [0.15, 0.2) is 0 Å². The number of halogens is 1. The average molecular weight is 444 g/mol. The van der Waals surface area contributed by atoms with Crippen molar-refractivity contribution in [2.75, 3.05) is 0 Å². The number of nitrogens with one attached hydrogen (secondary N) is 3. The van der Waals surface area contributed by atoms with E-state index in [9.17, 15) is 14.7 Å². The highest BCUT2D eigenvalue weighted by Crippen LogP contribution is 2.35. The Morgan fingerprint density at radius 1 is 1.26 bits per heavy atom. The molecule has 166 valence electrons. The second-order valence-corrected chi connectivity index (χ2v) is 10.2. The fourth-order valence-corrected chi connectivity index (χ4v) is 3.57. The fourth-order valence-electron chi connectivity index (χ4n) is 3.50. The Kier molecular flexibility index (Phi) is 6.09. The van der Waals surface area contributed by atoms with E-state index >= 15 is 0 Å². The number of piperazine rings is 1. The van der Waals surface area contributed by atoms with E-state index in [4.69, 9.17) is 11.6 Å². The second kappa shape index (κ2) is 8.17. The van der Waals surface area contributed by atoms with Crippen molar-refractivity contribution in [1.29, 1.82) is 0 Å². The molecule has 0 unspecified atom stereocenters. The summed E-state index contributed by atoms with van der Waals surface area (Å²) in [5.41, 5.74) is 3.25. The third-order valence-corrected chi connectivity index (χ3v) is 6.06. The molecule has 0 aliphatic carbocycles. The molecule has 2 heterocycles. The summed E-state index contributed by atoms with van der Waals surface area (Å²) in [7, 11) is 0. The number of fused-ring (bicyclic) bond motifs is 1. The van der Waals surface area contributed by atoms with Crippen molar-refractivity contribution in [1.82, 2.24) is 15.6 Å².